The second kappa shape index (κ2) is 14.8. The number of rotatable bonds is 15. The number of hydrogen-bond donors (Lipinski definition) is 2. The van der Waals surface area contributed by atoms with Crippen molar-refractivity contribution in [3.8, 4) is 5.75 Å². The lowest BCUT2D eigenvalue weighted by Crippen LogP contribution is -2.27. The van der Waals surface area contributed by atoms with Crippen LogP contribution in [0.5, 0.6) is 5.75 Å². The molecule has 2 rings (SSSR count). The summed E-state index contributed by atoms with van der Waals surface area (Å²) in [5, 5.41) is 13.0. The molecule has 0 saturated carbocycles. The summed E-state index contributed by atoms with van der Waals surface area (Å²) < 4.78 is 5.85. The zero-order chi connectivity index (χ0) is 25.8. The smallest absolute Gasteiger partial charge is 0.263 e. The summed E-state index contributed by atoms with van der Waals surface area (Å²) in [5.74, 6) is 0.678. The number of nitrogens with one attached hydrogen (secondary N) is 1. The Kier molecular flexibility index (Phi) is 12.1. The lowest BCUT2D eigenvalue weighted by Gasteiger charge is -2.16. The zero-order valence-electron chi connectivity index (χ0n) is 22.5. The van der Waals surface area contributed by atoms with E-state index in [-0.39, 0.29) is 16.7 Å². The minimum absolute atomic E-state index is 0.0786. The van der Waals surface area contributed by atoms with Gasteiger partial charge in [-0.3, -0.25) is 9.59 Å². The van der Waals surface area contributed by atoms with Crippen molar-refractivity contribution in [2.45, 2.75) is 118 Å². The average Bonchev–Trinajstić information content (AvgIpc) is 2.82. The summed E-state index contributed by atoms with van der Waals surface area (Å²) in [5.41, 5.74) is 2.82. The largest absolute Gasteiger partial charge is 0.508 e. The number of aryl methyl sites for hydroxylation is 4. The van der Waals surface area contributed by atoms with E-state index in [0.29, 0.717) is 42.0 Å². The Bertz CT molecular complexity index is 997. The van der Waals surface area contributed by atoms with Crippen molar-refractivity contribution in [1.29, 1.82) is 0 Å². The van der Waals surface area contributed by atoms with Gasteiger partial charge >= 0.3 is 0 Å². The van der Waals surface area contributed by atoms with Gasteiger partial charge in [-0.15, -0.1) is 0 Å². The Labute approximate surface area is 211 Å². The van der Waals surface area contributed by atoms with Gasteiger partial charge in [0.2, 0.25) is 5.43 Å². The van der Waals surface area contributed by atoms with Gasteiger partial charge in [0.05, 0.1) is 0 Å². The maximum Gasteiger partial charge on any atom is 0.263 e. The molecule has 194 valence electrons. The van der Waals surface area contributed by atoms with Gasteiger partial charge in [-0.2, -0.15) is 0 Å². The van der Waals surface area contributed by atoms with Gasteiger partial charge in [0, 0.05) is 11.3 Å². The van der Waals surface area contributed by atoms with Crippen LogP contribution in [-0.4, -0.2) is 11.0 Å². The van der Waals surface area contributed by atoms with Crippen molar-refractivity contribution in [3.63, 3.8) is 0 Å². The second-order valence-electron chi connectivity index (χ2n) is 9.63. The fraction of sp³-hybridized carbons (Fsp3) is 0.600. The van der Waals surface area contributed by atoms with E-state index in [9.17, 15) is 14.7 Å². The van der Waals surface area contributed by atoms with Crippen molar-refractivity contribution in [3.05, 3.63) is 56.1 Å². The number of benzene rings is 1. The number of carbonyl (C=O) groups excluding carboxylic acids is 1. The maximum atomic E-state index is 13.3. The summed E-state index contributed by atoms with van der Waals surface area (Å²) in [6.07, 6.45) is 14.3. The number of aromatic hydroxyl groups is 1. The number of anilines is 1. The van der Waals surface area contributed by atoms with Gasteiger partial charge in [0.15, 0.2) is 0 Å². The van der Waals surface area contributed by atoms with E-state index in [2.05, 4.69) is 12.2 Å². The summed E-state index contributed by atoms with van der Waals surface area (Å²) in [6.45, 7) is 9.67. The van der Waals surface area contributed by atoms with Gasteiger partial charge in [0.1, 0.15) is 22.8 Å². The van der Waals surface area contributed by atoms with Crippen molar-refractivity contribution in [1.82, 2.24) is 0 Å². The average molecular weight is 484 g/mol. The molecule has 1 aromatic heterocycles. The molecule has 0 aliphatic carbocycles. The number of phenolic OH excluding ortho intramolecular Hbond substituents is 1. The van der Waals surface area contributed by atoms with Gasteiger partial charge in [-0.05, 0) is 62.8 Å². The molecule has 35 heavy (non-hydrogen) atoms. The molecule has 0 unspecified atom stereocenters. The van der Waals surface area contributed by atoms with Crippen LogP contribution in [-0.2, 0) is 19.3 Å². The molecule has 0 saturated heterocycles. The lowest BCUT2D eigenvalue weighted by molar-refractivity contribution is 0.102. The Morgan fingerprint density at radius 1 is 0.829 bits per heavy atom. The summed E-state index contributed by atoms with van der Waals surface area (Å²) in [4.78, 5) is 26.6. The fourth-order valence-corrected chi connectivity index (χ4v) is 4.80. The first-order valence-corrected chi connectivity index (χ1v) is 13.6. The summed E-state index contributed by atoms with van der Waals surface area (Å²) >= 11 is 0. The van der Waals surface area contributed by atoms with Crippen LogP contribution in [0.4, 0.5) is 5.69 Å². The van der Waals surface area contributed by atoms with Gasteiger partial charge in [0.25, 0.3) is 5.91 Å². The van der Waals surface area contributed by atoms with E-state index < -0.39 is 5.91 Å². The Balaban J connectivity index is 2.05. The fourth-order valence-electron chi connectivity index (χ4n) is 4.80. The zero-order valence-corrected chi connectivity index (χ0v) is 22.5. The first-order chi connectivity index (χ1) is 16.8. The third-order valence-corrected chi connectivity index (χ3v) is 6.88. The van der Waals surface area contributed by atoms with E-state index >= 15 is 0 Å². The van der Waals surface area contributed by atoms with E-state index in [0.717, 1.165) is 24.0 Å². The molecule has 0 fully saturated rings. The molecular formula is C30H45NO4. The number of amides is 1. The quantitative estimate of drug-likeness (QED) is 0.200. The van der Waals surface area contributed by atoms with Crippen LogP contribution in [0.2, 0.25) is 0 Å². The van der Waals surface area contributed by atoms with Crippen LogP contribution >= 0.6 is 0 Å². The molecule has 1 heterocycles. The molecule has 0 aliphatic heterocycles. The van der Waals surface area contributed by atoms with Crippen LogP contribution in [0.3, 0.4) is 0 Å². The van der Waals surface area contributed by atoms with E-state index in [4.69, 9.17) is 4.42 Å². The Morgan fingerprint density at radius 3 is 1.86 bits per heavy atom. The molecular weight excluding hydrogens is 438 g/mol. The SMILES string of the molecule is CCCCCCCCCCCCc1c(C)oc(C)c(C(=O)Nc2c(CC)cc(O)cc2CC)c1=O. The highest BCUT2D eigenvalue weighted by molar-refractivity contribution is 6.05. The van der Waals surface area contributed by atoms with Gasteiger partial charge in [-0.25, -0.2) is 0 Å². The lowest BCUT2D eigenvalue weighted by atomic mass is 10.00. The third-order valence-electron chi connectivity index (χ3n) is 6.88. The summed E-state index contributed by atoms with van der Waals surface area (Å²) in [7, 11) is 0. The molecule has 1 amide bonds. The number of phenols is 1. The minimum Gasteiger partial charge on any atom is -0.508 e. The number of hydrogen-bond acceptors (Lipinski definition) is 4. The predicted octanol–water partition coefficient (Wildman–Crippen LogP) is 7.80. The number of unbranched alkanes of at least 4 members (excludes halogenated alkanes) is 9. The molecule has 0 bridgehead atoms. The number of carbonyl (C=O) groups is 1. The van der Waals surface area contributed by atoms with Crippen molar-refractivity contribution < 1.29 is 14.3 Å². The molecule has 5 heteroatoms. The highest BCUT2D eigenvalue weighted by Gasteiger charge is 2.22. The van der Waals surface area contributed by atoms with Crippen LogP contribution < -0.4 is 10.7 Å². The monoisotopic (exact) mass is 483 g/mol. The van der Waals surface area contributed by atoms with Crippen LogP contribution in [0, 0.1) is 13.8 Å². The molecule has 2 N–H and O–H groups in total. The van der Waals surface area contributed by atoms with E-state index in [1.165, 1.54) is 51.4 Å². The van der Waals surface area contributed by atoms with Crippen LogP contribution in [0.1, 0.15) is 124 Å². The maximum absolute atomic E-state index is 13.3. The van der Waals surface area contributed by atoms with Crippen molar-refractivity contribution in [2.75, 3.05) is 5.32 Å². The van der Waals surface area contributed by atoms with Gasteiger partial charge in [-0.1, -0.05) is 78.6 Å². The van der Waals surface area contributed by atoms with E-state index in [1.54, 1.807) is 19.1 Å². The minimum atomic E-state index is -0.448. The molecule has 5 nitrogen and oxygen atoms in total. The van der Waals surface area contributed by atoms with E-state index in [1.807, 2.05) is 20.8 Å². The van der Waals surface area contributed by atoms with Crippen molar-refractivity contribution >= 4 is 11.6 Å². The molecule has 0 atom stereocenters. The molecule has 0 aliphatic rings. The highest BCUT2D eigenvalue weighted by Crippen LogP contribution is 2.28. The molecule has 0 spiro atoms. The first kappa shape index (κ1) is 28.7. The van der Waals surface area contributed by atoms with Crippen LogP contribution in [0.15, 0.2) is 21.3 Å². The highest BCUT2D eigenvalue weighted by atomic mass is 16.3. The summed E-state index contributed by atoms with van der Waals surface area (Å²) in [6, 6.07) is 3.33. The topological polar surface area (TPSA) is 79.5 Å². The standard InChI is InChI=1S/C30H45NO4/c1-6-9-10-11-12-13-14-15-16-17-18-26-21(4)35-22(5)27(29(26)33)30(34)31-28-23(7-2)19-25(32)20-24(28)8-3/h19-20,32H,6-18H2,1-5H3,(H,31,34). The van der Waals surface area contributed by atoms with Crippen LogP contribution in [0.25, 0.3) is 0 Å². The molecule has 0 radical (unpaired) electrons. The second-order valence-corrected chi connectivity index (χ2v) is 9.63. The Morgan fingerprint density at radius 2 is 1.34 bits per heavy atom. The Hall–Kier alpha value is -2.56. The van der Waals surface area contributed by atoms with Crippen molar-refractivity contribution in [2.24, 2.45) is 0 Å². The predicted molar refractivity (Wildman–Crippen MR) is 145 cm³/mol. The normalized spacial score (nSPS) is 11.1. The molecule has 2 aromatic rings. The van der Waals surface area contributed by atoms with Gasteiger partial charge < -0.3 is 14.8 Å². The third kappa shape index (κ3) is 8.26. The molecule has 1 aromatic carbocycles. The first-order valence-electron chi connectivity index (χ1n) is 13.6.